The number of amides is 1. The van der Waals surface area contributed by atoms with E-state index in [1.54, 1.807) is 0 Å². The zero-order valence-corrected chi connectivity index (χ0v) is 8.25. The summed E-state index contributed by atoms with van der Waals surface area (Å²) in [6, 6.07) is 0. The van der Waals surface area contributed by atoms with Crippen molar-refractivity contribution in [3.8, 4) is 0 Å². The zero-order chi connectivity index (χ0) is 10.1. The van der Waals surface area contributed by atoms with Gasteiger partial charge in [0, 0.05) is 6.54 Å². The molecule has 1 unspecified atom stereocenters. The number of nitrogens with one attached hydrogen (secondary N) is 1. The van der Waals surface area contributed by atoms with Crippen LogP contribution in [-0.4, -0.2) is 30.2 Å². The maximum atomic E-state index is 10.4. The van der Waals surface area contributed by atoms with E-state index in [1.165, 1.54) is 19.3 Å². The highest BCUT2D eigenvalue weighted by Crippen LogP contribution is 1.96. The first-order chi connectivity index (χ1) is 6.18. The van der Waals surface area contributed by atoms with Crippen LogP contribution in [0.5, 0.6) is 0 Å². The van der Waals surface area contributed by atoms with Gasteiger partial charge in [-0.15, -0.1) is 0 Å². The van der Waals surface area contributed by atoms with Crippen molar-refractivity contribution in [3.63, 3.8) is 0 Å². The van der Waals surface area contributed by atoms with Crippen LogP contribution in [-0.2, 0) is 4.79 Å². The van der Waals surface area contributed by atoms with Gasteiger partial charge in [0.1, 0.15) is 6.10 Å². The normalized spacial score (nSPS) is 12.8. The molecule has 0 heterocycles. The molecule has 0 rings (SSSR count). The Hall–Kier alpha value is -0.610. The first kappa shape index (κ1) is 12.4. The Morgan fingerprint density at radius 2 is 2.15 bits per heavy atom. The Labute approximate surface area is 79.5 Å². The molecule has 1 amide bonds. The first-order valence-corrected chi connectivity index (χ1v) is 4.86. The molecule has 0 bridgehead atoms. The summed E-state index contributed by atoms with van der Waals surface area (Å²) in [4.78, 5) is 10.4. The quantitative estimate of drug-likeness (QED) is 0.469. The number of hydrogen-bond donors (Lipinski definition) is 3. The van der Waals surface area contributed by atoms with Gasteiger partial charge in [-0.1, -0.05) is 26.2 Å². The van der Waals surface area contributed by atoms with Gasteiger partial charge in [0.25, 0.3) is 0 Å². The van der Waals surface area contributed by atoms with E-state index in [1.807, 2.05) is 0 Å². The van der Waals surface area contributed by atoms with Gasteiger partial charge in [0.05, 0.1) is 0 Å². The highest BCUT2D eigenvalue weighted by atomic mass is 16.3. The molecule has 0 aromatic heterocycles. The third-order valence-corrected chi connectivity index (χ3v) is 1.87. The number of aliphatic hydroxyl groups is 1. The van der Waals surface area contributed by atoms with Crippen molar-refractivity contribution in [2.45, 2.75) is 38.7 Å². The van der Waals surface area contributed by atoms with Crippen LogP contribution in [0.4, 0.5) is 0 Å². The van der Waals surface area contributed by atoms with Crippen molar-refractivity contribution in [1.29, 1.82) is 0 Å². The lowest BCUT2D eigenvalue weighted by molar-refractivity contribution is -0.125. The summed E-state index contributed by atoms with van der Waals surface area (Å²) in [5.41, 5.74) is 4.87. The van der Waals surface area contributed by atoms with Crippen molar-refractivity contribution in [2.24, 2.45) is 5.73 Å². The van der Waals surface area contributed by atoms with Crippen LogP contribution >= 0.6 is 0 Å². The molecule has 0 aromatic carbocycles. The van der Waals surface area contributed by atoms with Crippen LogP contribution in [0.2, 0.25) is 0 Å². The molecule has 0 aliphatic carbocycles. The highest BCUT2D eigenvalue weighted by Gasteiger charge is 2.08. The summed E-state index contributed by atoms with van der Waals surface area (Å²) in [5.74, 6) is -0.666. The largest absolute Gasteiger partial charge is 0.382 e. The maximum Gasteiger partial charge on any atom is 0.247 e. The Kier molecular flexibility index (Phi) is 7.63. The zero-order valence-electron chi connectivity index (χ0n) is 8.25. The van der Waals surface area contributed by atoms with Crippen molar-refractivity contribution in [2.75, 3.05) is 13.1 Å². The van der Waals surface area contributed by atoms with Gasteiger partial charge in [0.15, 0.2) is 0 Å². The summed E-state index contributed by atoms with van der Waals surface area (Å²) < 4.78 is 0. The summed E-state index contributed by atoms with van der Waals surface area (Å²) in [5, 5.41) is 12.0. The number of primary amides is 1. The van der Waals surface area contributed by atoms with Crippen molar-refractivity contribution in [3.05, 3.63) is 0 Å². The van der Waals surface area contributed by atoms with Gasteiger partial charge < -0.3 is 16.2 Å². The van der Waals surface area contributed by atoms with Crippen LogP contribution in [0.3, 0.4) is 0 Å². The lowest BCUT2D eigenvalue weighted by atomic mass is 10.2. The van der Waals surface area contributed by atoms with Crippen LogP contribution in [0.1, 0.15) is 32.6 Å². The van der Waals surface area contributed by atoms with Gasteiger partial charge in [0.2, 0.25) is 5.91 Å². The van der Waals surface area contributed by atoms with Gasteiger partial charge in [-0.2, -0.15) is 0 Å². The smallest absolute Gasteiger partial charge is 0.247 e. The van der Waals surface area contributed by atoms with Crippen LogP contribution in [0, 0.1) is 0 Å². The van der Waals surface area contributed by atoms with E-state index >= 15 is 0 Å². The van der Waals surface area contributed by atoms with Crippen LogP contribution < -0.4 is 11.1 Å². The molecule has 0 saturated carbocycles. The predicted molar refractivity (Wildman–Crippen MR) is 52.2 cm³/mol. The SMILES string of the molecule is CCCCCCNCC(O)C(N)=O. The fourth-order valence-electron chi connectivity index (χ4n) is 1.02. The summed E-state index contributed by atoms with van der Waals surface area (Å²) in [6.07, 6.45) is 3.67. The molecular formula is C9H20N2O2. The van der Waals surface area contributed by atoms with Crippen molar-refractivity contribution < 1.29 is 9.90 Å². The molecule has 0 aliphatic heterocycles. The fourth-order valence-corrected chi connectivity index (χ4v) is 1.02. The molecule has 13 heavy (non-hydrogen) atoms. The molecule has 0 radical (unpaired) electrons. The molecule has 78 valence electrons. The Balaban J connectivity index is 3.11. The molecule has 4 N–H and O–H groups in total. The lowest BCUT2D eigenvalue weighted by Gasteiger charge is -2.07. The number of unbranched alkanes of at least 4 members (excludes halogenated alkanes) is 3. The summed E-state index contributed by atoms with van der Waals surface area (Å²) >= 11 is 0. The average molecular weight is 188 g/mol. The molecule has 4 heteroatoms. The lowest BCUT2D eigenvalue weighted by Crippen LogP contribution is -2.37. The number of rotatable bonds is 8. The molecule has 1 atom stereocenters. The number of carbonyl (C=O) groups excluding carboxylic acids is 1. The third-order valence-electron chi connectivity index (χ3n) is 1.87. The molecule has 0 spiro atoms. The second-order valence-corrected chi connectivity index (χ2v) is 3.18. The minimum Gasteiger partial charge on any atom is -0.382 e. The monoisotopic (exact) mass is 188 g/mol. The van der Waals surface area contributed by atoms with Gasteiger partial charge in [-0.25, -0.2) is 0 Å². The molecule has 0 fully saturated rings. The van der Waals surface area contributed by atoms with Crippen LogP contribution in [0.25, 0.3) is 0 Å². The fraction of sp³-hybridized carbons (Fsp3) is 0.889. The van der Waals surface area contributed by atoms with E-state index < -0.39 is 12.0 Å². The molecule has 0 aromatic rings. The topological polar surface area (TPSA) is 75.3 Å². The number of nitrogens with two attached hydrogens (primary N) is 1. The third kappa shape index (κ3) is 7.74. The van der Waals surface area contributed by atoms with Crippen molar-refractivity contribution >= 4 is 5.91 Å². The second kappa shape index (κ2) is 8.01. The first-order valence-electron chi connectivity index (χ1n) is 4.86. The molecule has 4 nitrogen and oxygen atoms in total. The Morgan fingerprint density at radius 1 is 1.46 bits per heavy atom. The van der Waals surface area contributed by atoms with Crippen LogP contribution in [0.15, 0.2) is 0 Å². The van der Waals surface area contributed by atoms with Gasteiger partial charge >= 0.3 is 0 Å². The van der Waals surface area contributed by atoms with Crippen molar-refractivity contribution in [1.82, 2.24) is 5.32 Å². The Morgan fingerprint density at radius 3 is 2.69 bits per heavy atom. The second-order valence-electron chi connectivity index (χ2n) is 3.18. The average Bonchev–Trinajstić information content (AvgIpc) is 2.10. The number of hydrogen-bond acceptors (Lipinski definition) is 3. The van der Waals surface area contributed by atoms with E-state index in [0.717, 1.165) is 13.0 Å². The standard InChI is InChI=1S/C9H20N2O2/c1-2-3-4-5-6-11-7-8(12)9(10)13/h8,11-12H,2-7H2,1H3,(H2,10,13). The predicted octanol–water partition coefficient (Wildman–Crippen LogP) is 0.00250. The van der Waals surface area contributed by atoms with E-state index in [0.29, 0.717) is 0 Å². The minimum atomic E-state index is -1.05. The number of carbonyl (C=O) groups is 1. The molecule has 0 aliphatic rings. The minimum absolute atomic E-state index is 0.265. The van der Waals surface area contributed by atoms with E-state index in [4.69, 9.17) is 10.8 Å². The molecule has 0 saturated heterocycles. The van der Waals surface area contributed by atoms with Gasteiger partial charge in [-0.05, 0) is 13.0 Å². The maximum absolute atomic E-state index is 10.4. The van der Waals surface area contributed by atoms with E-state index in [9.17, 15) is 4.79 Å². The van der Waals surface area contributed by atoms with E-state index in [-0.39, 0.29) is 6.54 Å². The Bertz CT molecular complexity index is 140. The van der Waals surface area contributed by atoms with Gasteiger partial charge in [-0.3, -0.25) is 4.79 Å². The molecular weight excluding hydrogens is 168 g/mol. The summed E-state index contributed by atoms with van der Waals surface area (Å²) in [6.45, 7) is 3.26. The number of aliphatic hydroxyl groups excluding tert-OH is 1. The summed E-state index contributed by atoms with van der Waals surface area (Å²) in [7, 11) is 0. The highest BCUT2D eigenvalue weighted by molar-refractivity contribution is 5.78. The van der Waals surface area contributed by atoms with E-state index in [2.05, 4.69) is 12.2 Å².